The SMILES string of the molecule is CC(C)N1CCC(N2C(=O)N3CCC[C@]3(C)C2=O)CC1. The molecule has 0 spiro atoms. The molecule has 0 bridgehead atoms. The molecule has 1 atom stereocenters. The molecule has 3 fully saturated rings. The van der Waals surface area contributed by atoms with Crippen molar-refractivity contribution < 1.29 is 9.59 Å². The first-order valence-electron chi connectivity index (χ1n) is 7.84. The van der Waals surface area contributed by atoms with Gasteiger partial charge in [0, 0.05) is 31.7 Å². The fraction of sp³-hybridized carbons (Fsp3) is 0.867. The zero-order valence-electron chi connectivity index (χ0n) is 12.8. The van der Waals surface area contributed by atoms with Gasteiger partial charge in [-0.2, -0.15) is 0 Å². The van der Waals surface area contributed by atoms with E-state index in [1.54, 1.807) is 9.80 Å². The molecule has 3 aliphatic rings. The maximum atomic E-state index is 12.7. The fourth-order valence-corrected chi connectivity index (χ4v) is 3.95. The van der Waals surface area contributed by atoms with Gasteiger partial charge >= 0.3 is 6.03 Å². The predicted molar refractivity (Wildman–Crippen MR) is 76.3 cm³/mol. The van der Waals surface area contributed by atoms with Crippen molar-refractivity contribution in [1.82, 2.24) is 14.7 Å². The van der Waals surface area contributed by atoms with Crippen LogP contribution in [0, 0.1) is 0 Å². The highest BCUT2D eigenvalue weighted by molar-refractivity contribution is 6.07. The molecule has 3 heterocycles. The summed E-state index contributed by atoms with van der Waals surface area (Å²) in [5.41, 5.74) is -0.549. The summed E-state index contributed by atoms with van der Waals surface area (Å²) in [4.78, 5) is 31.0. The summed E-state index contributed by atoms with van der Waals surface area (Å²) in [6, 6.07) is 0.604. The second-order valence-corrected chi connectivity index (χ2v) is 6.85. The Morgan fingerprint density at radius 2 is 1.80 bits per heavy atom. The molecule has 0 aromatic heterocycles. The summed E-state index contributed by atoms with van der Waals surface area (Å²) in [7, 11) is 0. The molecule has 0 aliphatic carbocycles. The molecule has 0 aromatic carbocycles. The number of urea groups is 1. The van der Waals surface area contributed by atoms with Gasteiger partial charge < -0.3 is 9.80 Å². The minimum atomic E-state index is -0.549. The first-order chi connectivity index (χ1) is 9.45. The third kappa shape index (κ3) is 1.86. The lowest BCUT2D eigenvalue weighted by Crippen LogP contribution is -2.50. The van der Waals surface area contributed by atoms with Gasteiger partial charge in [-0.05, 0) is 46.5 Å². The molecule has 3 saturated heterocycles. The van der Waals surface area contributed by atoms with Gasteiger partial charge in [0.1, 0.15) is 5.54 Å². The first kappa shape index (κ1) is 13.9. The molecule has 0 aromatic rings. The van der Waals surface area contributed by atoms with Gasteiger partial charge in [-0.3, -0.25) is 9.69 Å². The Morgan fingerprint density at radius 1 is 1.15 bits per heavy atom. The van der Waals surface area contributed by atoms with Crippen LogP contribution in [0.1, 0.15) is 46.5 Å². The van der Waals surface area contributed by atoms with E-state index in [1.165, 1.54) is 0 Å². The quantitative estimate of drug-likeness (QED) is 0.722. The lowest BCUT2D eigenvalue weighted by molar-refractivity contribution is -0.134. The van der Waals surface area contributed by atoms with Crippen LogP contribution in [0.4, 0.5) is 4.79 Å². The summed E-state index contributed by atoms with van der Waals surface area (Å²) < 4.78 is 0. The van der Waals surface area contributed by atoms with E-state index in [0.717, 1.165) is 45.3 Å². The summed E-state index contributed by atoms with van der Waals surface area (Å²) in [6.45, 7) is 9.03. The molecule has 112 valence electrons. The second-order valence-electron chi connectivity index (χ2n) is 6.85. The number of fused-ring (bicyclic) bond motifs is 1. The largest absolute Gasteiger partial charge is 0.327 e. The highest BCUT2D eigenvalue weighted by Gasteiger charge is 2.58. The van der Waals surface area contributed by atoms with Crippen LogP contribution in [0.3, 0.4) is 0 Å². The van der Waals surface area contributed by atoms with Crippen LogP contribution >= 0.6 is 0 Å². The average molecular weight is 279 g/mol. The summed E-state index contributed by atoms with van der Waals surface area (Å²) >= 11 is 0. The van der Waals surface area contributed by atoms with Gasteiger partial charge in [0.15, 0.2) is 0 Å². The molecule has 3 rings (SSSR count). The molecule has 20 heavy (non-hydrogen) atoms. The first-order valence-corrected chi connectivity index (χ1v) is 7.84. The molecule has 0 saturated carbocycles. The number of amides is 3. The van der Waals surface area contributed by atoms with Gasteiger partial charge in [0.25, 0.3) is 5.91 Å². The molecule has 0 unspecified atom stereocenters. The lowest BCUT2D eigenvalue weighted by Gasteiger charge is -2.37. The second kappa shape index (κ2) is 4.72. The Balaban J connectivity index is 1.73. The van der Waals surface area contributed by atoms with Gasteiger partial charge in [-0.25, -0.2) is 4.79 Å². The highest BCUT2D eigenvalue weighted by Crippen LogP contribution is 2.39. The smallest absolute Gasteiger partial charge is 0.310 e. The van der Waals surface area contributed by atoms with Crippen molar-refractivity contribution in [3.8, 4) is 0 Å². The van der Waals surface area contributed by atoms with Crippen molar-refractivity contribution in [2.24, 2.45) is 0 Å². The molecular weight excluding hydrogens is 254 g/mol. The van der Waals surface area contributed by atoms with E-state index in [-0.39, 0.29) is 18.0 Å². The molecule has 3 aliphatic heterocycles. The maximum Gasteiger partial charge on any atom is 0.327 e. The van der Waals surface area contributed by atoms with Crippen molar-refractivity contribution in [2.45, 2.75) is 64.1 Å². The number of imide groups is 1. The third-order valence-electron chi connectivity index (χ3n) is 5.35. The van der Waals surface area contributed by atoms with Crippen molar-refractivity contribution >= 4 is 11.9 Å². The average Bonchev–Trinajstić information content (AvgIpc) is 2.89. The number of hydrogen-bond donors (Lipinski definition) is 0. The molecule has 5 nitrogen and oxygen atoms in total. The minimum absolute atomic E-state index is 0.0435. The number of carbonyl (C=O) groups is 2. The van der Waals surface area contributed by atoms with Crippen LogP contribution in [0.15, 0.2) is 0 Å². The fourth-order valence-electron chi connectivity index (χ4n) is 3.95. The van der Waals surface area contributed by atoms with Gasteiger partial charge in [-0.1, -0.05) is 0 Å². The number of nitrogens with zero attached hydrogens (tertiary/aromatic N) is 3. The van der Waals surface area contributed by atoms with E-state index in [0.29, 0.717) is 6.04 Å². The topological polar surface area (TPSA) is 43.9 Å². The third-order valence-corrected chi connectivity index (χ3v) is 5.35. The van der Waals surface area contributed by atoms with E-state index in [2.05, 4.69) is 18.7 Å². The van der Waals surface area contributed by atoms with E-state index in [1.807, 2.05) is 6.92 Å². The Kier molecular flexibility index (Phi) is 3.27. The minimum Gasteiger partial charge on any atom is -0.310 e. The Bertz CT molecular complexity index is 429. The number of likely N-dealkylation sites (tertiary alicyclic amines) is 1. The van der Waals surface area contributed by atoms with Crippen LogP contribution in [0.25, 0.3) is 0 Å². The monoisotopic (exact) mass is 279 g/mol. The standard InChI is InChI=1S/C15H25N3O2/c1-11(2)16-9-5-12(6-10-16)18-13(19)15(3)7-4-8-17(15)14(18)20/h11-12H,4-10H2,1-3H3/t15-/m1/s1. The summed E-state index contributed by atoms with van der Waals surface area (Å²) in [5, 5.41) is 0. The molecule has 5 heteroatoms. The Labute approximate surface area is 120 Å². The zero-order chi connectivity index (χ0) is 14.5. The van der Waals surface area contributed by atoms with Crippen LogP contribution in [0.5, 0.6) is 0 Å². The van der Waals surface area contributed by atoms with E-state index >= 15 is 0 Å². The number of hydrogen-bond acceptors (Lipinski definition) is 3. The van der Waals surface area contributed by atoms with Crippen molar-refractivity contribution in [1.29, 1.82) is 0 Å². The normalized spacial score (nSPS) is 32.6. The predicted octanol–water partition coefficient (Wildman–Crippen LogP) is 1.68. The summed E-state index contributed by atoms with van der Waals surface area (Å²) in [6.07, 6.45) is 3.60. The van der Waals surface area contributed by atoms with Crippen LogP contribution < -0.4 is 0 Å². The van der Waals surface area contributed by atoms with Gasteiger partial charge in [0.2, 0.25) is 0 Å². The van der Waals surface area contributed by atoms with Gasteiger partial charge in [-0.15, -0.1) is 0 Å². The van der Waals surface area contributed by atoms with Crippen molar-refractivity contribution in [3.63, 3.8) is 0 Å². The van der Waals surface area contributed by atoms with Crippen LogP contribution in [0.2, 0.25) is 0 Å². The molecule has 0 N–H and O–H groups in total. The molecule has 3 amide bonds. The van der Waals surface area contributed by atoms with Crippen LogP contribution in [-0.2, 0) is 4.79 Å². The Hall–Kier alpha value is -1.10. The lowest BCUT2D eigenvalue weighted by atomic mass is 9.97. The van der Waals surface area contributed by atoms with Crippen molar-refractivity contribution in [2.75, 3.05) is 19.6 Å². The molecule has 0 radical (unpaired) electrons. The number of piperidine rings is 1. The van der Waals surface area contributed by atoms with Gasteiger partial charge in [0.05, 0.1) is 0 Å². The highest BCUT2D eigenvalue weighted by atomic mass is 16.2. The maximum absolute atomic E-state index is 12.7. The van der Waals surface area contributed by atoms with E-state index < -0.39 is 5.54 Å². The molecular formula is C15H25N3O2. The van der Waals surface area contributed by atoms with E-state index in [4.69, 9.17) is 0 Å². The Morgan fingerprint density at radius 3 is 2.35 bits per heavy atom. The van der Waals surface area contributed by atoms with Crippen LogP contribution in [-0.4, -0.2) is 63.9 Å². The van der Waals surface area contributed by atoms with E-state index in [9.17, 15) is 9.59 Å². The summed E-state index contributed by atoms with van der Waals surface area (Å²) in [5.74, 6) is 0.0444. The number of carbonyl (C=O) groups excluding carboxylic acids is 2. The zero-order valence-corrected chi connectivity index (χ0v) is 12.8. The van der Waals surface area contributed by atoms with Crippen molar-refractivity contribution in [3.05, 3.63) is 0 Å². The number of rotatable bonds is 2.